The molecule has 0 aliphatic rings. The predicted molar refractivity (Wildman–Crippen MR) is 90.9 cm³/mol. The Bertz CT molecular complexity index is 606. The minimum atomic E-state index is -0.858. The van der Waals surface area contributed by atoms with Crippen molar-refractivity contribution in [1.29, 1.82) is 0 Å². The van der Waals surface area contributed by atoms with Crippen LogP contribution in [0.5, 0.6) is 0 Å². The summed E-state index contributed by atoms with van der Waals surface area (Å²) in [6.45, 7) is 8.89. The van der Waals surface area contributed by atoms with Gasteiger partial charge in [0.25, 0.3) is 0 Å². The Hall–Kier alpha value is -1.63. The maximum atomic E-state index is 14.1. The molecule has 0 bridgehead atoms. The summed E-state index contributed by atoms with van der Waals surface area (Å²) in [4.78, 5) is 23.8. The van der Waals surface area contributed by atoms with Crippen LogP contribution in [0, 0.1) is 23.5 Å². The van der Waals surface area contributed by atoms with Gasteiger partial charge in [-0.1, -0.05) is 27.7 Å². The van der Waals surface area contributed by atoms with Crippen molar-refractivity contribution < 1.29 is 23.1 Å². The van der Waals surface area contributed by atoms with E-state index in [1.165, 1.54) is 6.07 Å². The molecule has 4 nitrogen and oxygen atoms in total. The lowest BCUT2D eigenvalue weighted by molar-refractivity contribution is -0.143. The molecular formula is C17H23F2NO3S. The van der Waals surface area contributed by atoms with Crippen molar-refractivity contribution >= 4 is 29.3 Å². The van der Waals surface area contributed by atoms with Crippen LogP contribution in [0.2, 0.25) is 0 Å². The summed E-state index contributed by atoms with van der Waals surface area (Å²) < 4.78 is 32.9. The molecule has 1 aromatic rings. The molecule has 24 heavy (non-hydrogen) atoms. The SMILES string of the molecule is CCOC(=O)C(Sc1cc(NC(=O)C(C)C)c(F)cc1F)C(C)C. The highest BCUT2D eigenvalue weighted by atomic mass is 32.2. The Morgan fingerprint density at radius 3 is 2.29 bits per heavy atom. The van der Waals surface area contributed by atoms with Crippen LogP contribution in [-0.4, -0.2) is 23.7 Å². The zero-order valence-corrected chi connectivity index (χ0v) is 15.3. The number of carbonyl (C=O) groups excluding carboxylic acids is 2. The first-order chi connectivity index (χ1) is 11.2. The highest BCUT2D eigenvalue weighted by Gasteiger charge is 2.27. The number of hydrogen-bond donors (Lipinski definition) is 1. The second kappa shape index (κ2) is 9.01. The zero-order valence-electron chi connectivity index (χ0n) is 14.5. The molecule has 134 valence electrons. The highest BCUT2D eigenvalue weighted by Crippen LogP contribution is 2.34. The van der Waals surface area contributed by atoms with Crippen molar-refractivity contribution in [2.75, 3.05) is 11.9 Å². The third-order valence-corrected chi connectivity index (χ3v) is 4.74. The third kappa shape index (κ3) is 5.47. The molecule has 7 heteroatoms. The average Bonchev–Trinajstić information content (AvgIpc) is 2.48. The summed E-state index contributed by atoms with van der Waals surface area (Å²) in [5, 5.41) is 1.80. The number of amides is 1. The smallest absolute Gasteiger partial charge is 0.319 e. The summed E-state index contributed by atoms with van der Waals surface area (Å²) in [6, 6.07) is 1.92. The lowest BCUT2D eigenvalue weighted by Gasteiger charge is -2.19. The molecule has 1 atom stereocenters. The lowest BCUT2D eigenvalue weighted by atomic mass is 10.1. The van der Waals surface area contributed by atoms with E-state index < -0.39 is 22.9 Å². The number of halogens is 2. The summed E-state index contributed by atoms with van der Waals surface area (Å²) in [6.07, 6.45) is 0. The van der Waals surface area contributed by atoms with E-state index in [1.54, 1.807) is 20.8 Å². The van der Waals surface area contributed by atoms with Gasteiger partial charge in [-0.3, -0.25) is 9.59 Å². The van der Waals surface area contributed by atoms with E-state index >= 15 is 0 Å². The van der Waals surface area contributed by atoms with Crippen LogP contribution < -0.4 is 5.32 Å². The third-order valence-electron chi connectivity index (χ3n) is 3.18. The molecule has 0 aliphatic carbocycles. The molecule has 0 aromatic heterocycles. The van der Waals surface area contributed by atoms with Crippen LogP contribution in [0.4, 0.5) is 14.5 Å². The van der Waals surface area contributed by atoms with Crippen LogP contribution in [0.3, 0.4) is 0 Å². The molecule has 0 radical (unpaired) electrons. The van der Waals surface area contributed by atoms with E-state index in [1.807, 2.05) is 13.8 Å². The number of carbonyl (C=O) groups is 2. The fraction of sp³-hybridized carbons (Fsp3) is 0.529. The van der Waals surface area contributed by atoms with Crippen molar-refractivity contribution in [2.45, 2.75) is 44.8 Å². The second-order valence-corrected chi connectivity index (χ2v) is 7.12. The van der Waals surface area contributed by atoms with Gasteiger partial charge in [0.1, 0.15) is 16.9 Å². The maximum absolute atomic E-state index is 14.1. The Morgan fingerprint density at radius 2 is 1.79 bits per heavy atom. The van der Waals surface area contributed by atoms with Gasteiger partial charge in [-0.15, -0.1) is 11.8 Å². The monoisotopic (exact) mass is 359 g/mol. The molecule has 0 saturated carbocycles. The fourth-order valence-corrected chi connectivity index (χ4v) is 2.88. The largest absolute Gasteiger partial charge is 0.465 e. The molecule has 0 fully saturated rings. The van der Waals surface area contributed by atoms with E-state index in [2.05, 4.69) is 5.32 Å². The molecule has 1 rings (SSSR count). The van der Waals surface area contributed by atoms with Crippen molar-refractivity contribution in [2.24, 2.45) is 11.8 Å². The molecular weight excluding hydrogens is 336 g/mol. The number of rotatable bonds is 7. The van der Waals surface area contributed by atoms with Gasteiger partial charge in [0.15, 0.2) is 0 Å². The summed E-state index contributed by atoms with van der Waals surface area (Å²) in [5.41, 5.74) is -0.107. The van der Waals surface area contributed by atoms with E-state index in [4.69, 9.17) is 4.74 Å². The Morgan fingerprint density at radius 1 is 1.17 bits per heavy atom. The Balaban J connectivity index is 3.09. The molecule has 1 unspecified atom stereocenters. The van der Waals surface area contributed by atoms with Gasteiger partial charge in [-0.05, 0) is 18.9 Å². The Labute approximate surface area is 145 Å². The second-order valence-electron chi connectivity index (χ2n) is 5.94. The van der Waals surface area contributed by atoms with Crippen molar-refractivity contribution in [1.82, 2.24) is 0 Å². The minimum Gasteiger partial charge on any atom is -0.465 e. The van der Waals surface area contributed by atoms with Crippen LogP contribution in [0.25, 0.3) is 0 Å². The summed E-state index contributed by atoms with van der Waals surface area (Å²) in [5.74, 6) is -2.91. The minimum absolute atomic E-state index is 0.0854. The first-order valence-corrected chi connectivity index (χ1v) is 8.68. The van der Waals surface area contributed by atoms with Gasteiger partial charge in [0, 0.05) is 16.9 Å². The number of ether oxygens (including phenoxy) is 1. The topological polar surface area (TPSA) is 55.4 Å². The highest BCUT2D eigenvalue weighted by molar-refractivity contribution is 8.00. The van der Waals surface area contributed by atoms with E-state index in [0.717, 1.165) is 11.8 Å². The summed E-state index contributed by atoms with van der Waals surface area (Å²) >= 11 is 0.962. The molecule has 0 aliphatic heterocycles. The predicted octanol–water partition coefficient (Wildman–Crippen LogP) is 4.24. The van der Waals surface area contributed by atoms with Gasteiger partial charge < -0.3 is 10.1 Å². The number of anilines is 1. The van der Waals surface area contributed by atoms with Crippen LogP contribution >= 0.6 is 11.8 Å². The van der Waals surface area contributed by atoms with Gasteiger partial charge in [-0.2, -0.15) is 0 Å². The van der Waals surface area contributed by atoms with Crippen molar-refractivity contribution in [3.05, 3.63) is 23.8 Å². The van der Waals surface area contributed by atoms with Gasteiger partial charge in [0.2, 0.25) is 5.91 Å². The molecule has 1 N–H and O–H groups in total. The van der Waals surface area contributed by atoms with Crippen LogP contribution in [-0.2, 0) is 14.3 Å². The fourth-order valence-electron chi connectivity index (χ4n) is 1.81. The van der Waals surface area contributed by atoms with E-state index in [9.17, 15) is 18.4 Å². The molecule has 1 amide bonds. The molecule has 0 spiro atoms. The van der Waals surface area contributed by atoms with Crippen LogP contribution in [0.1, 0.15) is 34.6 Å². The normalized spacial score (nSPS) is 12.4. The van der Waals surface area contributed by atoms with Crippen molar-refractivity contribution in [3.63, 3.8) is 0 Å². The number of nitrogens with one attached hydrogen (secondary N) is 1. The van der Waals surface area contributed by atoms with Gasteiger partial charge >= 0.3 is 5.97 Å². The first kappa shape index (κ1) is 20.4. The molecule has 0 saturated heterocycles. The molecule has 1 aromatic carbocycles. The molecule has 0 heterocycles. The Kier molecular flexibility index (Phi) is 7.66. The van der Waals surface area contributed by atoms with Gasteiger partial charge in [-0.25, -0.2) is 8.78 Å². The van der Waals surface area contributed by atoms with Crippen LogP contribution in [0.15, 0.2) is 17.0 Å². The number of benzene rings is 1. The number of hydrogen-bond acceptors (Lipinski definition) is 4. The maximum Gasteiger partial charge on any atom is 0.319 e. The average molecular weight is 359 g/mol. The van der Waals surface area contributed by atoms with E-state index in [0.29, 0.717) is 6.07 Å². The number of esters is 1. The first-order valence-electron chi connectivity index (χ1n) is 7.80. The zero-order chi connectivity index (χ0) is 18.4. The van der Waals surface area contributed by atoms with E-state index in [-0.39, 0.29) is 34.9 Å². The summed E-state index contributed by atoms with van der Waals surface area (Å²) in [7, 11) is 0. The standard InChI is InChI=1S/C17H23F2NO3S/c1-6-23-17(22)15(9(2)3)24-14-8-13(11(18)7-12(14)19)20-16(21)10(4)5/h7-10,15H,6H2,1-5H3,(H,20,21). The lowest BCUT2D eigenvalue weighted by Crippen LogP contribution is -2.25. The van der Waals surface area contributed by atoms with Gasteiger partial charge in [0.05, 0.1) is 12.3 Å². The quantitative estimate of drug-likeness (QED) is 0.584. The van der Waals surface area contributed by atoms with Crippen molar-refractivity contribution in [3.8, 4) is 0 Å². The number of thioether (sulfide) groups is 1.